The molecule has 5 nitrogen and oxygen atoms in total. The van der Waals surface area contributed by atoms with E-state index in [4.69, 9.17) is 0 Å². The third-order valence-electron chi connectivity index (χ3n) is 4.73. The Hall–Kier alpha value is -3.09. The number of hydrogen-bond donors (Lipinski definition) is 2. The molecule has 1 aliphatic rings. The average molecular weight is 355 g/mol. The smallest absolute Gasteiger partial charge is 0.268 e. The van der Waals surface area contributed by atoms with E-state index in [1.54, 1.807) is 49.4 Å². The molecular weight excluding hydrogens is 340 g/mol. The van der Waals surface area contributed by atoms with E-state index in [2.05, 4.69) is 15.3 Å². The number of benzene rings is 2. The van der Waals surface area contributed by atoms with Crippen molar-refractivity contribution in [2.45, 2.75) is 24.7 Å². The highest BCUT2D eigenvalue weighted by Gasteiger charge is 2.76. The molecule has 4 rings (SSSR count). The van der Waals surface area contributed by atoms with Crippen LogP contribution in [0.5, 0.6) is 0 Å². The number of rotatable bonds is 3. The summed E-state index contributed by atoms with van der Waals surface area (Å²) < 4.78 is 28.4. The third kappa shape index (κ3) is 2.39. The van der Waals surface area contributed by atoms with Crippen molar-refractivity contribution in [2.75, 3.05) is 5.32 Å². The van der Waals surface area contributed by atoms with Crippen molar-refractivity contribution in [3.8, 4) is 0 Å². The van der Waals surface area contributed by atoms with E-state index in [1.807, 2.05) is 0 Å². The van der Waals surface area contributed by atoms with Gasteiger partial charge >= 0.3 is 0 Å². The van der Waals surface area contributed by atoms with Crippen LogP contribution in [0.3, 0.4) is 0 Å². The van der Waals surface area contributed by atoms with Gasteiger partial charge in [-0.05, 0) is 24.6 Å². The molecule has 1 amide bonds. The molecule has 26 heavy (non-hydrogen) atoms. The number of nitrogens with zero attached hydrogens (tertiary/aromatic N) is 1. The molecule has 1 heterocycles. The highest BCUT2D eigenvalue weighted by atomic mass is 19.3. The van der Waals surface area contributed by atoms with Gasteiger partial charge in [-0.2, -0.15) is 0 Å². The van der Waals surface area contributed by atoms with Crippen LogP contribution < -0.4 is 10.9 Å². The lowest BCUT2D eigenvalue weighted by Crippen LogP contribution is -2.34. The van der Waals surface area contributed by atoms with Crippen LogP contribution in [0.25, 0.3) is 10.9 Å². The number of aromatic nitrogens is 2. The van der Waals surface area contributed by atoms with Gasteiger partial charge in [-0.15, -0.1) is 0 Å². The Bertz CT molecular complexity index is 1090. The van der Waals surface area contributed by atoms with Crippen molar-refractivity contribution in [1.29, 1.82) is 0 Å². The minimum atomic E-state index is -3.15. The summed E-state index contributed by atoms with van der Waals surface area (Å²) in [5, 5.41) is 2.72. The number of carbonyl (C=O) groups excluding carboxylic acids is 1. The monoisotopic (exact) mass is 355 g/mol. The maximum atomic E-state index is 14.2. The number of para-hydroxylation sites is 1. The number of carbonyl (C=O) groups is 1. The van der Waals surface area contributed by atoms with Gasteiger partial charge in [-0.1, -0.05) is 42.0 Å². The van der Waals surface area contributed by atoms with E-state index >= 15 is 0 Å². The van der Waals surface area contributed by atoms with Gasteiger partial charge in [-0.3, -0.25) is 19.9 Å². The van der Waals surface area contributed by atoms with E-state index in [-0.39, 0.29) is 11.5 Å². The van der Waals surface area contributed by atoms with E-state index in [1.165, 1.54) is 6.07 Å². The quantitative estimate of drug-likeness (QED) is 0.758. The lowest BCUT2D eigenvalue weighted by molar-refractivity contribution is -0.121. The molecule has 1 aromatic heterocycles. The molecule has 2 N–H and O–H groups in total. The molecule has 2 aromatic carbocycles. The topological polar surface area (TPSA) is 74.8 Å². The minimum Gasteiger partial charge on any atom is -0.295 e. The summed E-state index contributed by atoms with van der Waals surface area (Å²) in [6.45, 7) is 1.78. The Morgan fingerprint density at radius 2 is 1.92 bits per heavy atom. The largest absolute Gasteiger partial charge is 0.295 e. The van der Waals surface area contributed by atoms with Crippen LogP contribution >= 0.6 is 0 Å². The number of halogens is 2. The molecule has 1 atom stereocenters. The van der Waals surface area contributed by atoms with Gasteiger partial charge in [0.05, 0.1) is 10.9 Å². The van der Waals surface area contributed by atoms with Gasteiger partial charge in [0.2, 0.25) is 11.9 Å². The van der Waals surface area contributed by atoms with Crippen molar-refractivity contribution in [2.24, 2.45) is 0 Å². The van der Waals surface area contributed by atoms with Gasteiger partial charge in [0.15, 0.2) is 0 Å². The number of nitrogens with one attached hydrogen (secondary N) is 2. The zero-order valence-electron chi connectivity index (χ0n) is 13.8. The van der Waals surface area contributed by atoms with Crippen LogP contribution in [0.15, 0.2) is 53.3 Å². The number of alkyl halides is 2. The highest BCUT2D eigenvalue weighted by molar-refractivity contribution is 6.02. The number of anilines is 1. The molecule has 0 aliphatic heterocycles. The fourth-order valence-electron chi connectivity index (χ4n) is 3.25. The number of fused-ring (bicyclic) bond motifs is 1. The van der Waals surface area contributed by atoms with E-state index in [0.717, 1.165) is 5.56 Å². The molecule has 1 fully saturated rings. The second kappa shape index (κ2) is 5.45. The van der Waals surface area contributed by atoms with Crippen LogP contribution in [0.2, 0.25) is 0 Å². The van der Waals surface area contributed by atoms with Crippen molar-refractivity contribution in [3.63, 3.8) is 0 Å². The third-order valence-corrected chi connectivity index (χ3v) is 4.73. The van der Waals surface area contributed by atoms with Crippen LogP contribution in [-0.2, 0) is 10.2 Å². The summed E-state index contributed by atoms with van der Waals surface area (Å²) in [4.78, 5) is 31.4. The Kier molecular flexibility index (Phi) is 3.44. The molecule has 1 saturated carbocycles. The molecule has 1 unspecified atom stereocenters. The molecule has 0 bridgehead atoms. The first-order valence-corrected chi connectivity index (χ1v) is 8.09. The van der Waals surface area contributed by atoms with E-state index in [0.29, 0.717) is 10.9 Å². The minimum absolute atomic E-state index is 0.145. The SMILES string of the molecule is Cc1cccc(C2(C(=O)Nc3nc4ccccc4c(=O)[nH]3)CC2(F)F)c1. The van der Waals surface area contributed by atoms with Crippen molar-refractivity contribution >= 4 is 22.8 Å². The number of hydrogen-bond acceptors (Lipinski definition) is 3. The van der Waals surface area contributed by atoms with Crippen molar-refractivity contribution in [1.82, 2.24) is 9.97 Å². The molecule has 1 aliphatic carbocycles. The zero-order chi connectivity index (χ0) is 18.5. The van der Waals surface area contributed by atoms with Crippen LogP contribution in [0.1, 0.15) is 17.5 Å². The summed E-state index contributed by atoms with van der Waals surface area (Å²) in [7, 11) is 0. The van der Waals surface area contributed by atoms with Gasteiger partial charge in [-0.25, -0.2) is 13.8 Å². The number of amides is 1. The number of H-pyrrole nitrogens is 1. The van der Waals surface area contributed by atoms with Crippen molar-refractivity contribution < 1.29 is 13.6 Å². The normalized spacial score (nSPS) is 20.7. The van der Waals surface area contributed by atoms with E-state index < -0.39 is 29.2 Å². The molecule has 0 saturated heterocycles. The predicted molar refractivity (Wildman–Crippen MR) is 93.4 cm³/mol. The Labute approximate surface area is 147 Å². The summed E-state index contributed by atoms with van der Waals surface area (Å²) in [6.07, 6.45) is -0.576. The molecular formula is C19H15F2N3O2. The first kappa shape index (κ1) is 16.4. The van der Waals surface area contributed by atoms with Gasteiger partial charge in [0, 0.05) is 6.42 Å². The lowest BCUT2D eigenvalue weighted by atomic mass is 9.93. The maximum Gasteiger partial charge on any atom is 0.268 e. The summed E-state index contributed by atoms with van der Waals surface area (Å²) in [5.41, 5.74) is -0.974. The molecule has 132 valence electrons. The number of aromatic amines is 1. The standard InChI is InChI=1S/C19H15F2N3O2/c1-11-5-4-6-12(9-11)18(10-19(18,20)21)16(26)24-17-22-14-8-3-2-7-13(14)15(25)23-17/h2-9H,10H2,1H3,(H2,22,23,24,25,26). The predicted octanol–water partition coefficient (Wildman–Crippen LogP) is 3.15. The average Bonchev–Trinajstić information content (AvgIpc) is 3.19. The lowest BCUT2D eigenvalue weighted by Gasteiger charge is -2.17. The zero-order valence-corrected chi connectivity index (χ0v) is 13.8. The Morgan fingerprint density at radius 3 is 2.62 bits per heavy atom. The van der Waals surface area contributed by atoms with Crippen LogP contribution in [0, 0.1) is 6.92 Å². The Balaban J connectivity index is 1.72. The molecule has 0 radical (unpaired) electrons. The fourth-order valence-corrected chi connectivity index (χ4v) is 3.25. The summed E-state index contributed by atoms with van der Waals surface area (Å²) >= 11 is 0. The molecule has 3 aromatic rings. The summed E-state index contributed by atoms with van der Waals surface area (Å²) in [5.74, 6) is -4.18. The fraction of sp³-hybridized carbons (Fsp3) is 0.211. The van der Waals surface area contributed by atoms with Crippen molar-refractivity contribution in [3.05, 3.63) is 70.0 Å². The Morgan fingerprint density at radius 1 is 1.19 bits per heavy atom. The van der Waals surface area contributed by atoms with Crippen LogP contribution in [-0.4, -0.2) is 21.8 Å². The first-order valence-electron chi connectivity index (χ1n) is 8.09. The molecule has 0 spiro atoms. The van der Waals surface area contributed by atoms with Gasteiger partial charge in [0.1, 0.15) is 5.41 Å². The maximum absolute atomic E-state index is 14.2. The van der Waals surface area contributed by atoms with E-state index in [9.17, 15) is 18.4 Å². The first-order chi connectivity index (χ1) is 12.3. The highest BCUT2D eigenvalue weighted by Crippen LogP contribution is 2.62. The summed E-state index contributed by atoms with van der Waals surface area (Å²) in [6, 6.07) is 13.1. The second-order valence-electron chi connectivity index (χ2n) is 6.54. The van der Waals surface area contributed by atoms with Gasteiger partial charge in [0.25, 0.3) is 11.5 Å². The van der Waals surface area contributed by atoms with Gasteiger partial charge < -0.3 is 0 Å². The molecule has 7 heteroatoms. The second-order valence-corrected chi connectivity index (χ2v) is 6.54. The number of aryl methyl sites for hydroxylation is 1. The van der Waals surface area contributed by atoms with Crippen LogP contribution in [0.4, 0.5) is 14.7 Å².